The Morgan fingerprint density at radius 2 is 2.16 bits per heavy atom. The predicted octanol–water partition coefficient (Wildman–Crippen LogP) is 1.88. The van der Waals surface area contributed by atoms with Crippen LogP contribution in [0.4, 0.5) is 5.69 Å². The third-order valence-corrected chi connectivity index (χ3v) is 3.46. The Morgan fingerprint density at radius 1 is 1.47 bits per heavy atom. The van der Waals surface area contributed by atoms with Crippen molar-refractivity contribution in [3.8, 4) is 0 Å². The molecule has 2 atom stereocenters. The van der Waals surface area contributed by atoms with E-state index in [9.17, 15) is 4.79 Å². The molecule has 0 aromatic heterocycles. The maximum absolute atomic E-state index is 12.1. The molecule has 2 rings (SSSR count). The smallest absolute Gasteiger partial charge is 0.230 e. The number of amides is 1. The van der Waals surface area contributed by atoms with E-state index >= 15 is 0 Å². The summed E-state index contributed by atoms with van der Waals surface area (Å²) in [5.41, 5.74) is 7.32. The lowest BCUT2D eigenvalue weighted by Gasteiger charge is -2.14. The van der Waals surface area contributed by atoms with Crippen LogP contribution in [0.15, 0.2) is 24.3 Å². The quantitative estimate of drug-likeness (QED) is 0.825. The number of thiocarbonyl (C=S) groups is 1. The van der Waals surface area contributed by atoms with Crippen LogP contribution in [-0.2, 0) is 16.0 Å². The molecule has 1 aromatic carbocycles. The minimum Gasteiger partial charge on any atom is -0.393 e. The van der Waals surface area contributed by atoms with Crippen LogP contribution in [0, 0.1) is 5.92 Å². The number of carbonyl (C=O) groups excluding carboxylic acids is 1. The number of benzene rings is 1. The highest BCUT2D eigenvalue weighted by Gasteiger charge is 2.30. The van der Waals surface area contributed by atoms with Gasteiger partial charge in [-0.2, -0.15) is 0 Å². The molecular weight excluding hydrogens is 260 g/mol. The number of nitrogens with one attached hydrogen (secondary N) is 1. The number of nitrogens with two attached hydrogens (primary N) is 1. The molecule has 0 saturated carbocycles. The molecule has 0 radical (unpaired) electrons. The van der Waals surface area contributed by atoms with Gasteiger partial charge in [-0.3, -0.25) is 4.79 Å². The van der Waals surface area contributed by atoms with Gasteiger partial charge in [0.1, 0.15) is 0 Å². The summed E-state index contributed by atoms with van der Waals surface area (Å²) < 4.78 is 5.40. The lowest BCUT2D eigenvalue weighted by atomic mass is 10.0. The fourth-order valence-corrected chi connectivity index (χ4v) is 2.38. The van der Waals surface area contributed by atoms with E-state index in [2.05, 4.69) is 5.32 Å². The van der Waals surface area contributed by atoms with Crippen molar-refractivity contribution >= 4 is 28.8 Å². The Bertz CT molecular complexity index is 473. The van der Waals surface area contributed by atoms with Crippen LogP contribution in [0.2, 0.25) is 0 Å². The van der Waals surface area contributed by atoms with Gasteiger partial charge in [-0.05, 0) is 31.0 Å². The van der Waals surface area contributed by atoms with Gasteiger partial charge in [-0.25, -0.2) is 0 Å². The number of rotatable bonds is 4. The molecule has 5 heteroatoms. The fraction of sp³-hybridized carbons (Fsp3) is 0.429. The van der Waals surface area contributed by atoms with Gasteiger partial charge in [0, 0.05) is 18.7 Å². The summed E-state index contributed by atoms with van der Waals surface area (Å²) in [6.07, 6.45) is 1.36. The topological polar surface area (TPSA) is 64.3 Å². The van der Waals surface area contributed by atoms with E-state index in [1.807, 2.05) is 31.2 Å². The summed E-state index contributed by atoms with van der Waals surface area (Å²) in [7, 11) is 0. The third-order valence-electron chi connectivity index (χ3n) is 3.31. The molecule has 1 fully saturated rings. The molecule has 102 valence electrons. The second-order valence-electron chi connectivity index (χ2n) is 4.80. The Balaban J connectivity index is 1.95. The molecule has 1 aromatic rings. The lowest BCUT2D eigenvalue weighted by molar-refractivity contribution is -0.121. The normalized spacial score (nSPS) is 22.2. The van der Waals surface area contributed by atoms with Gasteiger partial charge in [0.2, 0.25) is 5.91 Å². The van der Waals surface area contributed by atoms with Crippen molar-refractivity contribution in [1.29, 1.82) is 0 Å². The van der Waals surface area contributed by atoms with Crippen molar-refractivity contribution in [2.45, 2.75) is 25.9 Å². The van der Waals surface area contributed by atoms with E-state index in [0.717, 1.165) is 17.7 Å². The van der Waals surface area contributed by atoms with Crippen LogP contribution in [0.5, 0.6) is 0 Å². The SMILES string of the molecule is CC1OCCC1C(=O)Nc1ccc(CC(N)=S)cc1. The fourth-order valence-electron chi connectivity index (χ4n) is 2.22. The number of hydrogen-bond acceptors (Lipinski definition) is 3. The highest BCUT2D eigenvalue weighted by atomic mass is 32.1. The zero-order valence-electron chi connectivity index (χ0n) is 10.9. The summed E-state index contributed by atoms with van der Waals surface area (Å²) in [6.45, 7) is 2.59. The summed E-state index contributed by atoms with van der Waals surface area (Å²) in [5.74, 6) is -0.0385. The zero-order chi connectivity index (χ0) is 13.8. The van der Waals surface area contributed by atoms with Crippen molar-refractivity contribution in [1.82, 2.24) is 0 Å². The number of carbonyl (C=O) groups is 1. The molecule has 0 spiro atoms. The number of hydrogen-bond donors (Lipinski definition) is 2. The summed E-state index contributed by atoms with van der Waals surface area (Å²) >= 11 is 4.86. The maximum Gasteiger partial charge on any atom is 0.230 e. The first kappa shape index (κ1) is 14.0. The Kier molecular flexibility index (Phi) is 4.50. The van der Waals surface area contributed by atoms with Gasteiger partial charge in [0.25, 0.3) is 0 Å². The van der Waals surface area contributed by atoms with Gasteiger partial charge in [-0.1, -0.05) is 24.4 Å². The van der Waals surface area contributed by atoms with Gasteiger partial charge in [0.05, 0.1) is 17.0 Å². The van der Waals surface area contributed by atoms with E-state index < -0.39 is 0 Å². The van der Waals surface area contributed by atoms with Crippen LogP contribution in [-0.4, -0.2) is 23.6 Å². The second kappa shape index (κ2) is 6.12. The molecular formula is C14H18N2O2S. The molecule has 1 amide bonds. The van der Waals surface area contributed by atoms with Gasteiger partial charge in [-0.15, -0.1) is 0 Å². The molecule has 1 saturated heterocycles. The summed E-state index contributed by atoms with van der Waals surface area (Å²) in [5, 5.41) is 2.91. The molecule has 2 unspecified atom stereocenters. The third kappa shape index (κ3) is 3.75. The Morgan fingerprint density at radius 3 is 2.68 bits per heavy atom. The van der Waals surface area contributed by atoms with Gasteiger partial charge < -0.3 is 15.8 Å². The monoisotopic (exact) mass is 278 g/mol. The first-order valence-corrected chi connectivity index (χ1v) is 6.77. The first-order valence-electron chi connectivity index (χ1n) is 6.36. The van der Waals surface area contributed by atoms with E-state index in [4.69, 9.17) is 22.7 Å². The van der Waals surface area contributed by atoms with Gasteiger partial charge >= 0.3 is 0 Å². The minimum atomic E-state index is -0.0590. The van der Waals surface area contributed by atoms with Crippen LogP contribution in [0.25, 0.3) is 0 Å². The standard InChI is InChI=1S/C14H18N2O2S/c1-9-12(6-7-18-9)14(17)16-11-4-2-10(3-5-11)8-13(15)19/h2-5,9,12H,6-8H2,1H3,(H2,15,19)(H,16,17). The predicted molar refractivity (Wildman–Crippen MR) is 79.1 cm³/mol. The van der Waals surface area contributed by atoms with Crippen LogP contribution in [0.3, 0.4) is 0 Å². The maximum atomic E-state index is 12.1. The van der Waals surface area contributed by atoms with Gasteiger partial charge in [0.15, 0.2) is 0 Å². The summed E-state index contributed by atoms with van der Waals surface area (Å²) in [6, 6.07) is 7.57. The number of anilines is 1. The molecule has 3 N–H and O–H groups in total. The van der Waals surface area contributed by atoms with Crippen LogP contribution >= 0.6 is 12.2 Å². The van der Waals surface area contributed by atoms with Crippen molar-refractivity contribution in [3.05, 3.63) is 29.8 Å². The van der Waals surface area contributed by atoms with Crippen molar-refractivity contribution in [2.75, 3.05) is 11.9 Å². The van der Waals surface area contributed by atoms with Crippen LogP contribution < -0.4 is 11.1 Å². The highest BCUT2D eigenvalue weighted by molar-refractivity contribution is 7.80. The van der Waals surface area contributed by atoms with E-state index in [-0.39, 0.29) is 17.9 Å². The van der Waals surface area contributed by atoms with Crippen LogP contribution in [0.1, 0.15) is 18.9 Å². The summed E-state index contributed by atoms with van der Waals surface area (Å²) in [4.78, 5) is 12.5. The average Bonchev–Trinajstić information content (AvgIpc) is 2.77. The molecule has 1 aliphatic heterocycles. The second-order valence-corrected chi connectivity index (χ2v) is 5.32. The Labute approximate surface area is 118 Å². The first-order chi connectivity index (χ1) is 9.06. The molecule has 0 aliphatic carbocycles. The van der Waals surface area contributed by atoms with E-state index in [1.165, 1.54) is 0 Å². The molecule has 4 nitrogen and oxygen atoms in total. The number of ether oxygens (including phenoxy) is 1. The van der Waals surface area contributed by atoms with Crippen molar-refractivity contribution in [2.24, 2.45) is 11.7 Å². The molecule has 1 heterocycles. The largest absolute Gasteiger partial charge is 0.393 e. The van der Waals surface area contributed by atoms with Crippen molar-refractivity contribution < 1.29 is 9.53 Å². The zero-order valence-corrected chi connectivity index (χ0v) is 11.7. The Hall–Kier alpha value is -1.46. The van der Waals surface area contributed by atoms with E-state index in [1.54, 1.807) is 0 Å². The molecule has 19 heavy (non-hydrogen) atoms. The molecule has 0 bridgehead atoms. The van der Waals surface area contributed by atoms with Crippen molar-refractivity contribution in [3.63, 3.8) is 0 Å². The minimum absolute atomic E-state index is 0.00566. The highest BCUT2D eigenvalue weighted by Crippen LogP contribution is 2.22. The average molecular weight is 278 g/mol. The molecule has 1 aliphatic rings. The lowest BCUT2D eigenvalue weighted by Crippen LogP contribution is -2.27. The van der Waals surface area contributed by atoms with E-state index in [0.29, 0.717) is 18.0 Å².